The van der Waals surface area contributed by atoms with Gasteiger partial charge < -0.3 is 15.0 Å². The minimum absolute atomic E-state index is 0.0917. The first-order valence-electron chi connectivity index (χ1n) is 9.28. The first-order chi connectivity index (χ1) is 12.7. The second-order valence-electron chi connectivity index (χ2n) is 6.92. The Morgan fingerprint density at radius 2 is 2.15 bits per heavy atom. The number of hydrogen-bond acceptors (Lipinski definition) is 4. The number of anilines is 1. The summed E-state index contributed by atoms with van der Waals surface area (Å²) in [5.41, 5.74) is 1.68. The van der Waals surface area contributed by atoms with Gasteiger partial charge in [-0.25, -0.2) is 4.98 Å². The van der Waals surface area contributed by atoms with E-state index < -0.39 is 0 Å². The molecule has 0 saturated carbocycles. The lowest BCUT2D eigenvalue weighted by molar-refractivity contribution is 0.0953. The van der Waals surface area contributed by atoms with Crippen LogP contribution in [0.5, 0.6) is 5.75 Å². The highest BCUT2D eigenvalue weighted by atomic mass is 16.5. The molecule has 3 rings (SSSR count). The zero-order valence-electron chi connectivity index (χ0n) is 15.6. The number of nitrogens with one attached hydrogen (secondary N) is 1. The Morgan fingerprint density at radius 3 is 2.88 bits per heavy atom. The van der Waals surface area contributed by atoms with Crippen molar-refractivity contribution in [3.8, 4) is 5.75 Å². The summed E-state index contributed by atoms with van der Waals surface area (Å²) in [5, 5.41) is 2.96. The normalized spacial score (nSPS) is 17.0. The fraction of sp³-hybridized carbons (Fsp3) is 0.429. The van der Waals surface area contributed by atoms with Gasteiger partial charge in [-0.3, -0.25) is 4.79 Å². The summed E-state index contributed by atoms with van der Waals surface area (Å²) in [4.78, 5) is 19.1. The monoisotopic (exact) mass is 353 g/mol. The third-order valence-corrected chi connectivity index (χ3v) is 4.86. The number of aromatic nitrogens is 1. The molecule has 2 aromatic rings. The SMILES string of the molecule is COc1ccccc1CCNC(=O)c1ccc(N2CCCC(C)C2)nc1. The number of rotatable bonds is 6. The van der Waals surface area contributed by atoms with Crippen LogP contribution in [0.25, 0.3) is 0 Å². The van der Waals surface area contributed by atoms with Gasteiger partial charge in [0.05, 0.1) is 12.7 Å². The van der Waals surface area contributed by atoms with Crippen LogP contribution in [0.1, 0.15) is 35.7 Å². The van der Waals surface area contributed by atoms with Gasteiger partial charge in [0.25, 0.3) is 5.91 Å². The lowest BCUT2D eigenvalue weighted by Crippen LogP contribution is -2.34. The highest BCUT2D eigenvalue weighted by Crippen LogP contribution is 2.21. The Bertz CT molecular complexity index is 730. The quantitative estimate of drug-likeness (QED) is 0.866. The molecule has 1 saturated heterocycles. The minimum Gasteiger partial charge on any atom is -0.496 e. The van der Waals surface area contributed by atoms with E-state index in [0.717, 1.165) is 36.6 Å². The first-order valence-corrected chi connectivity index (χ1v) is 9.28. The molecule has 1 amide bonds. The fourth-order valence-corrected chi connectivity index (χ4v) is 3.43. The van der Waals surface area contributed by atoms with Gasteiger partial charge in [0.15, 0.2) is 0 Å². The van der Waals surface area contributed by atoms with Crippen molar-refractivity contribution in [1.29, 1.82) is 0 Å². The summed E-state index contributed by atoms with van der Waals surface area (Å²) < 4.78 is 5.34. The van der Waals surface area contributed by atoms with Crippen LogP contribution in [0.2, 0.25) is 0 Å². The highest BCUT2D eigenvalue weighted by molar-refractivity contribution is 5.94. The van der Waals surface area contributed by atoms with E-state index in [9.17, 15) is 4.79 Å². The van der Waals surface area contributed by atoms with Crippen molar-refractivity contribution in [3.63, 3.8) is 0 Å². The number of hydrogen-bond donors (Lipinski definition) is 1. The molecule has 1 N–H and O–H groups in total. The average Bonchev–Trinajstić information content (AvgIpc) is 2.68. The largest absolute Gasteiger partial charge is 0.496 e. The minimum atomic E-state index is -0.0917. The number of ether oxygens (including phenoxy) is 1. The van der Waals surface area contributed by atoms with E-state index in [4.69, 9.17) is 4.74 Å². The number of pyridine rings is 1. The van der Waals surface area contributed by atoms with Crippen LogP contribution in [-0.4, -0.2) is 37.6 Å². The zero-order chi connectivity index (χ0) is 18.4. The van der Waals surface area contributed by atoms with Gasteiger partial charge in [0.1, 0.15) is 11.6 Å². The van der Waals surface area contributed by atoms with E-state index in [2.05, 4.69) is 22.1 Å². The number of nitrogens with zero attached hydrogens (tertiary/aromatic N) is 2. The predicted octanol–water partition coefficient (Wildman–Crippen LogP) is 3.30. The van der Waals surface area contributed by atoms with Gasteiger partial charge in [-0.05, 0) is 48.9 Å². The van der Waals surface area contributed by atoms with Crippen LogP contribution in [0.3, 0.4) is 0 Å². The van der Waals surface area contributed by atoms with Gasteiger partial charge in [-0.2, -0.15) is 0 Å². The smallest absolute Gasteiger partial charge is 0.252 e. The number of methoxy groups -OCH3 is 1. The van der Waals surface area contributed by atoms with Crippen LogP contribution in [-0.2, 0) is 6.42 Å². The molecule has 0 spiro atoms. The summed E-state index contributed by atoms with van der Waals surface area (Å²) in [7, 11) is 1.66. The number of piperidine rings is 1. The summed E-state index contributed by atoms with van der Waals surface area (Å²) in [6.07, 6.45) is 4.89. The Kier molecular flexibility index (Phi) is 6.10. The third kappa shape index (κ3) is 4.54. The molecular weight excluding hydrogens is 326 g/mol. The molecule has 26 heavy (non-hydrogen) atoms. The van der Waals surface area contributed by atoms with Gasteiger partial charge >= 0.3 is 0 Å². The molecule has 1 aliphatic heterocycles. The Labute approximate surface area is 155 Å². The van der Waals surface area contributed by atoms with E-state index in [1.165, 1.54) is 12.8 Å². The molecule has 1 fully saturated rings. The maximum atomic E-state index is 12.3. The van der Waals surface area contributed by atoms with Crippen LogP contribution < -0.4 is 15.0 Å². The second kappa shape index (κ2) is 8.70. The highest BCUT2D eigenvalue weighted by Gasteiger charge is 2.17. The van der Waals surface area contributed by atoms with E-state index in [1.807, 2.05) is 36.4 Å². The molecule has 1 aromatic heterocycles. The van der Waals surface area contributed by atoms with Crippen molar-refractivity contribution < 1.29 is 9.53 Å². The molecule has 0 radical (unpaired) electrons. The van der Waals surface area contributed by atoms with Gasteiger partial charge in [-0.15, -0.1) is 0 Å². The third-order valence-electron chi connectivity index (χ3n) is 4.86. The molecule has 0 aliphatic carbocycles. The van der Waals surface area contributed by atoms with Crippen molar-refractivity contribution in [2.45, 2.75) is 26.2 Å². The topological polar surface area (TPSA) is 54.5 Å². The van der Waals surface area contributed by atoms with Crippen molar-refractivity contribution >= 4 is 11.7 Å². The van der Waals surface area contributed by atoms with Gasteiger partial charge in [-0.1, -0.05) is 25.1 Å². The summed E-state index contributed by atoms with van der Waals surface area (Å²) in [6.45, 7) is 4.92. The Balaban J connectivity index is 1.53. The van der Waals surface area contributed by atoms with Crippen LogP contribution in [0, 0.1) is 5.92 Å². The molecule has 5 heteroatoms. The molecule has 5 nitrogen and oxygen atoms in total. The maximum Gasteiger partial charge on any atom is 0.252 e. The maximum absolute atomic E-state index is 12.3. The summed E-state index contributed by atoms with van der Waals surface area (Å²) >= 11 is 0. The van der Waals surface area contributed by atoms with Crippen molar-refractivity contribution in [2.75, 3.05) is 31.6 Å². The van der Waals surface area contributed by atoms with Crippen molar-refractivity contribution in [1.82, 2.24) is 10.3 Å². The summed E-state index contributed by atoms with van der Waals surface area (Å²) in [6, 6.07) is 11.7. The Hall–Kier alpha value is -2.56. The number of amides is 1. The first kappa shape index (κ1) is 18.2. The zero-order valence-corrected chi connectivity index (χ0v) is 15.6. The molecule has 1 aliphatic rings. The number of carbonyl (C=O) groups excluding carboxylic acids is 1. The molecular formula is C21H27N3O2. The number of para-hydroxylation sites is 1. The van der Waals surface area contributed by atoms with E-state index in [0.29, 0.717) is 18.0 Å². The van der Waals surface area contributed by atoms with Crippen LogP contribution in [0.15, 0.2) is 42.6 Å². The second-order valence-corrected chi connectivity index (χ2v) is 6.92. The fourth-order valence-electron chi connectivity index (χ4n) is 3.43. The predicted molar refractivity (Wildman–Crippen MR) is 104 cm³/mol. The van der Waals surface area contributed by atoms with Crippen LogP contribution >= 0.6 is 0 Å². The van der Waals surface area contributed by atoms with E-state index >= 15 is 0 Å². The molecule has 2 heterocycles. The van der Waals surface area contributed by atoms with E-state index in [-0.39, 0.29) is 5.91 Å². The van der Waals surface area contributed by atoms with E-state index in [1.54, 1.807) is 13.3 Å². The summed E-state index contributed by atoms with van der Waals surface area (Å²) in [5.74, 6) is 2.42. The molecule has 0 bridgehead atoms. The number of benzene rings is 1. The molecule has 138 valence electrons. The van der Waals surface area contributed by atoms with Crippen LogP contribution in [0.4, 0.5) is 5.82 Å². The van der Waals surface area contributed by atoms with Crippen molar-refractivity contribution in [3.05, 3.63) is 53.7 Å². The average molecular weight is 353 g/mol. The standard InChI is InChI=1S/C21H27N3O2/c1-16-6-5-13-24(15-16)20-10-9-18(14-23-20)21(25)22-12-11-17-7-3-4-8-19(17)26-2/h3-4,7-10,14,16H,5-6,11-13,15H2,1-2H3,(H,22,25). The molecule has 1 unspecified atom stereocenters. The Morgan fingerprint density at radius 1 is 1.31 bits per heavy atom. The van der Waals surface area contributed by atoms with Gasteiger partial charge in [0.2, 0.25) is 0 Å². The molecule has 1 aromatic carbocycles. The lowest BCUT2D eigenvalue weighted by atomic mass is 10.0. The lowest BCUT2D eigenvalue weighted by Gasteiger charge is -2.31. The van der Waals surface area contributed by atoms with Gasteiger partial charge in [0, 0.05) is 25.8 Å². The number of carbonyl (C=O) groups is 1. The molecule has 1 atom stereocenters. The van der Waals surface area contributed by atoms with Crippen molar-refractivity contribution in [2.24, 2.45) is 5.92 Å².